The Labute approximate surface area is 369 Å². The highest BCUT2D eigenvalue weighted by atomic mass is 16.6. The summed E-state index contributed by atoms with van der Waals surface area (Å²) in [7, 11) is 0. The van der Waals surface area contributed by atoms with E-state index in [1.807, 2.05) is 0 Å². The molecule has 1 unspecified atom stereocenters. The van der Waals surface area contributed by atoms with E-state index in [4.69, 9.17) is 9.47 Å². The first-order valence-corrected chi connectivity index (χ1v) is 27.1. The van der Waals surface area contributed by atoms with Gasteiger partial charge in [0.2, 0.25) is 0 Å². The lowest BCUT2D eigenvalue weighted by molar-refractivity contribution is -0.161. The van der Waals surface area contributed by atoms with Crippen LogP contribution in [-0.2, 0) is 19.1 Å². The predicted molar refractivity (Wildman–Crippen MR) is 256 cm³/mol. The van der Waals surface area contributed by atoms with Gasteiger partial charge in [-0.05, 0) is 12.8 Å². The number of aliphatic hydroxyl groups excluding tert-OH is 1. The topological polar surface area (TPSA) is 72.8 Å². The third-order valence-electron chi connectivity index (χ3n) is 12.7. The smallest absolute Gasteiger partial charge is 0.306 e. The van der Waals surface area contributed by atoms with Crippen molar-refractivity contribution in [1.82, 2.24) is 0 Å². The molecular formula is C54H106O5. The number of carbonyl (C=O) groups is 2. The molecule has 59 heavy (non-hydrogen) atoms. The lowest BCUT2D eigenvalue weighted by Gasteiger charge is -2.15. The number of hydrogen-bond donors (Lipinski definition) is 1. The van der Waals surface area contributed by atoms with Gasteiger partial charge in [0.15, 0.2) is 6.10 Å². The summed E-state index contributed by atoms with van der Waals surface area (Å²) in [4.78, 5) is 24.5. The van der Waals surface area contributed by atoms with E-state index in [9.17, 15) is 14.7 Å². The second-order valence-corrected chi connectivity index (χ2v) is 18.7. The van der Waals surface area contributed by atoms with Crippen molar-refractivity contribution in [2.24, 2.45) is 0 Å². The Balaban J connectivity index is 3.40. The number of carbonyl (C=O) groups excluding carboxylic acids is 2. The first-order valence-electron chi connectivity index (χ1n) is 27.1. The summed E-state index contributed by atoms with van der Waals surface area (Å²) in [5.74, 6) is -0.564. The molecule has 0 aliphatic heterocycles. The van der Waals surface area contributed by atoms with Crippen LogP contribution >= 0.6 is 0 Å². The number of unbranched alkanes of at least 4 members (excludes halogenated alkanes) is 43. The van der Waals surface area contributed by atoms with E-state index in [0.717, 1.165) is 32.1 Å². The second kappa shape index (κ2) is 51.3. The molecule has 0 amide bonds. The van der Waals surface area contributed by atoms with Crippen LogP contribution in [0.1, 0.15) is 316 Å². The average molecular weight is 835 g/mol. The van der Waals surface area contributed by atoms with Crippen molar-refractivity contribution in [3.05, 3.63) is 0 Å². The number of esters is 2. The van der Waals surface area contributed by atoms with Crippen molar-refractivity contribution in [2.45, 2.75) is 322 Å². The molecule has 5 nitrogen and oxygen atoms in total. The fourth-order valence-electron chi connectivity index (χ4n) is 8.56. The van der Waals surface area contributed by atoms with Gasteiger partial charge < -0.3 is 14.6 Å². The third kappa shape index (κ3) is 49.4. The summed E-state index contributed by atoms with van der Waals surface area (Å²) in [6, 6.07) is 0. The van der Waals surface area contributed by atoms with Crippen LogP contribution in [0.4, 0.5) is 0 Å². The number of ether oxygens (including phenoxy) is 2. The van der Waals surface area contributed by atoms with Gasteiger partial charge in [0.05, 0.1) is 6.61 Å². The Morgan fingerprint density at radius 2 is 0.525 bits per heavy atom. The van der Waals surface area contributed by atoms with E-state index >= 15 is 0 Å². The maximum absolute atomic E-state index is 12.3. The van der Waals surface area contributed by atoms with E-state index in [-0.39, 0.29) is 25.2 Å². The van der Waals surface area contributed by atoms with Crippen molar-refractivity contribution in [3.63, 3.8) is 0 Å². The van der Waals surface area contributed by atoms with Gasteiger partial charge in [-0.25, -0.2) is 0 Å². The largest absolute Gasteiger partial charge is 0.462 e. The molecule has 0 aromatic carbocycles. The van der Waals surface area contributed by atoms with Gasteiger partial charge in [0, 0.05) is 12.8 Å². The molecule has 1 N–H and O–H groups in total. The molecule has 0 aromatic rings. The molecule has 0 fully saturated rings. The van der Waals surface area contributed by atoms with Crippen molar-refractivity contribution < 1.29 is 24.2 Å². The van der Waals surface area contributed by atoms with Crippen LogP contribution in [0, 0.1) is 0 Å². The maximum Gasteiger partial charge on any atom is 0.306 e. The van der Waals surface area contributed by atoms with Gasteiger partial charge in [0.25, 0.3) is 0 Å². The Morgan fingerprint density at radius 3 is 0.746 bits per heavy atom. The Hall–Kier alpha value is -1.10. The van der Waals surface area contributed by atoms with Crippen LogP contribution in [0.25, 0.3) is 0 Å². The summed E-state index contributed by atoms with van der Waals surface area (Å²) in [6.45, 7) is 4.21. The van der Waals surface area contributed by atoms with Gasteiger partial charge in [0.1, 0.15) is 6.61 Å². The summed E-state index contributed by atoms with van der Waals surface area (Å²) in [5.41, 5.74) is 0. The number of rotatable bonds is 51. The molecule has 1 atom stereocenters. The molecule has 0 rings (SSSR count). The molecule has 0 bridgehead atoms. The minimum Gasteiger partial charge on any atom is -0.462 e. The quantitative estimate of drug-likeness (QED) is 0.0488. The first kappa shape index (κ1) is 57.9. The Kier molecular flexibility index (Phi) is 50.3. The lowest BCUT2D eigenvalue weighted by Crippen LogP contribution is -2.28. The van der Waals surface area contributed by atoms with Gasteiger partial charge in [-0.1, -0.05) is 290 Å². The van der Waals surface area contributed by atoms with Crippen LogP contribution in [0.2, 0.25) is 0 Å². The standard InChI is InChI=1S/C54H106O5/c1-3-5-7-9-11-13-15-17-19-21-23-25-26-27-28-29-31-33-35-37-39-41-43-45-47-49-54(57)59-52(50-55)51-58-53(56)48-46-44-42-40-38-36-34-32-30-24-22-20-18-16-14-12-10-8-6-4-2/h52,55H,3-51H2,1-2H3. The fourth-order valence-corrected chi connectivity index (χ4v) is 8.56. The molecule has 0 saturated heterocycles. The van der Waals surface area contributed by atoms with Gasteiger partial charge in [-0.2, -0.15) is 0 Å². The number of hydrogen-bond acceptors (Lipinski definition) is 5. The highest BCUT2D eigenvalue weighted by Crippen LogP contribution is 2.18. The van der Waals surface area contributed by atoms with E-state index in [0.29, 0.717) is 12.8 Å². The van der Waals surface area contributed by atoms with Crippen LogP contribution in [-0.4, -0.2) is 36.4 Å². The molecule has 5 heteroatoms. The first-order chi connectivity index (χ1) is 29.1. The Morgan fingerprint density at radius 1 is 0.322 bits per heavy atom. The highest BCUT2D eigenvalue weighted by molar-refractivity contribution is 5.70. The zero-order valence-electron chi connectivity index (χ0n) is 40.3. The van der Waals surface area contributed by atoms with Gasteiger partial charge in [-0.3, -0.25) is 9.59 Å². The molecule has 0 saturated carbocycles. The maximum atomic E-state index is 12.3. The summed E-state index contributed by atoms with van der Waals surface area (Å²) < 4.78 is 10.7. The zero-order chi connectivity index (χ0) is 42.8. The van der Waals surface area contributed by atoms with Crippen molar-refractivity contribution in [1.29, 1.82) is 0 Å². The normalized spacial score (nSPS) is 12.0. The van der Waals surface area contributed by atoms with E-state index < -0.39 is 6.10 Å². The zero-order valence-corrected chi connectivity index (χ0v) is 40.3. The fraction of sp³-hybridized carbons (Fsp3) is 0.963. The third-order valence-corrected chi connectivity index (χ3v) is 12.7. The van der Waals surface area contributed by atoms with Gasteiger partial charge in [-0.15, -0.1) is 0 Å². The molecule has 0 radical (unpaired) electrons. The Bertz CT molecular complexity index is 815. The molecule has 0 heterocycles. The van der Waals surface area contributed by atoms with Crippen molar-refractivity contribution >= 4 is 11.9 Å². The lowest BCUT2D eigenvalue weighted by atomic mass is 10.0. The van der Waals surface area contributed by atoms with Gasteiger partial charge >= 0.3 is 11.9 Å². The van der Waals surface area contributed by atoms with Crippen molar-refractivity contribution in [2.75, 3.05) is 13.2 Å². The van der Waals surface area contributed by atoms with E-state index in [2.05, 4.69) is 13.8 Å². The molecular weight excluding hydrogens is 729 g/mol. The van der Waals surface area contributed by atoms with Crippen molar-refractivity contribution in [3.8, 4) is 0 Å². The van der Waals surface area contributed by atoms with Crippen LogP contribution < -0.4 is 0 Å². The highest BCUT2D eigenvalue weighted by Gasteiger charge is 2.16. The van der Waals surface area contributed by atoms with Crippen LogP contribution in [0.5, 0.6) is 0 Å². The van der Waals surface area contributed by atoms with Crippen LogP contribution in [0.15, 0.2) is 0 Å². The minimum absolute atomic E-state index is 0.0558. The minimum atomic E-state index is -0.763. The van der Waals surface area contributed by atoms with E-state index in [1.165, 1.54) is 257 Å². The number of aliphatic hydroxyl groups is 1. The second-order valence-electron chi connectivity index (χ2n) is 18.7. The van der Waals surface area contributed by atoms with Crippen LogP contribution in [0.3, 0.4) is 0 Å². The summed E-state index contributed by atoms with van der Waals surface area (Å²) >= 11 is 0. The molecule has 352 valence electrons. The summed E-state index contributed by atoms with van der Waals surface area (Å²) in [6.07, 6.45) is 60.7. The predicted octanol–water partition coefficient (Wildman–Crippen LogP) is 17.8. The molecule has 0 aliphatic carbocycles. The monoisotopic (exact) mass is 835 g/mol. The SMILES string of the molecule is CCCCCCCCCCCCCCCCCCCCCCCCCCCC(=O)OC(CO)COC(=O)CCCCCCCCCCCCCCCCCCCCCC. The molecule has 0 spiro atoms. The van der Waals surface area contributed by atoms with E-state index in [1.54, 1.807) is 0 Å². The summed E-state index contributed by atoms with van der Waals surface area (Å²) in [5, 5.41) is 9.64. The molecule has 0 aromatic heterocycles. The molecule has 0 aliphatic rings. The average Bonchev–Trinajstić information content (AvgIpc) is 3.24.